The number of benzene rings is 2. The fraction of sp³-hybridized carbons (Fsp3) is 0. The zero-order valence-electron chi connectivity index (χ0n) is 12.7. The van der Waals surface area contributed by atoms with Crippen LogP contribution in [0, 0.1) is 5.82 Å². The Kier molecular flexibility index (Phi) is 4.72. The van der Waals surface area contributed by atoms with E-state index in [9.17, 15) is 9.18 Å². The molecule has 24 heavy (non-hydrogen) atoms. The van der Waals surface area contributed by atoms with E-state index in [0.717, 1.165) is 11.1 Å². The predicted molar refractivity (Wildman–Crippen MR) is 90.2 cm³/mol. The Morgan fingerprint density at radius 2 is 1.50 bits per heavy atom. The van der Waals surface area contributed by atoms with Gasteiger partial charge in [0, 0.05) is 23.5 Å². The molecular formula is C19H14FN3O. The maximum absolute atomic E-state index is 13.7. The lowest BCUT2D eigenvalue weighted by molar-refractivity contribution is 0.0951. The van der Waals surface area contributed by atoms with Gasteiger partial charge in [-0.15, -0.1) is 0 Å². The van der Waals surface area contributed by atoms with Crippen molar-refractivity contribution in [1.29, 1.82) is 0 Å². The van der Waals surface area contributed by atoms with Gasteiger partial charge in [-0.3, -0.25) is 9.78 Å². The van der Waals surface area contributed by atoms with E-state index in [0.29, 0.717) is 5.71 Å². The number of carbonyl (C=O) groups excluding carboxylic acids is 1. The summed E-state index contributed by atoms with van der Waals surface area (Å²) < 4.78 is 13.7. The van der Waals surface area contributed by atoms with Crippen LogP contribution in [0.15, 0.2) is 84.2 Å². The first-order valence-electron chi connectivity index (χ1n) is 7.34. The minimum atomic E-state index is -0.601. The fourth-order valence-electron chi connectivity index (χ4n) is 2.21. The molecule has 0 radical (unpaired) electrons. The SMILES string of the molecule is O=C(N/N=C(\c1ccccc1)c1ccncc1)c1ccccc1F. The molecule has 0 aliphatic rings. The van der Waals surface area contributed by atoms with Gasteiger partial charge in [0.15, 0.2) is 0 Å². The van der Waals surface area contributed by atoms with Crippen molar-refractivity contribution >= 4 is 11.6 Å². The number of nitrogens with one attached hydrogen (secondary N) is 1. The summed E-state index contributed by atoms with van der Waals surface area (Å²) in [4.78, 5) is 16.1. The molecule has 0 atom stereocenters. The molecule has 1 heterocycles. The van der Waals surface area contributed by atoms with E-state index in [1.54, 1.807) is 30.6 Å². The summed E-state index contributed by atoms with van der Waals surface area (Å²) in [6.07, 6.45) is 3.29. The number of hydrogen-bond acceptors (Lipinski definition) is 3. The lowest BCUT2D eigenvalue weighted by Crippen LogP contribution is -2.21. The summed E-state index contributed by atoms with van der Waals surface area (Å²) in [5, 5.41) is 4.20. The van der Waals surface area contributed by atoms with Gasteiger partial charge in [-0.05, 0) is 24.3 Å². The van der Waals surface area contributed by atoms with Crippen LogP contribution in [0.2, 0.25) is 0 Å². The minimum absolute atomic E-state index is 0.0524. The average molecular weight is 319 g/mol. The molecule has 118 valence electrons. The molecule has 0 aliphatic heterocycles. The summed E-state index contributed by atoms with van der Waals surface area (Å²) in [5.74, 6) is -1.19. The molecule has 0 bridgehead atoms. The fourth-order valence-corrected chi connectivity index (χ4v) is 2.21. The molecule has 0 aliphatic carbocycles. The quantitative estimate of drug-likeness (QED) is 0.592. The first-order valence-corrected chi connectivity index (χ1v) is 7.34. The van der Waals surface area contributed by atoms with Crippen LogP contribution in [0.1, 0.15) is 21.5 Å². The molecular weight excluding hydrogens is 305 g/mol. The van der Waals surface area contributed by atoms with Gasteiger partial charge in [-0.2, -0.15) is 5.10 Å². The number of aromatic nitrogens is 1. The van der Waals surface area contributed by atoms with E-state index in [1.807, 2.05) is 30.3 Å². The highest BCUT2D eigenvalue weighted by atomic mass is 19.1. The molecule has 0 fully saturated rings. The lowest BCUT2D eigenvalue weighted by Gasteiger charge is -2.08. The van der Waals surface area contributed by atoms with Crippen LogP contribution in [0.5, 0.6) is 0 Å². The number of nitrogens with zero attached hydrogens (tertiary/aromatic N) is 2. The summed E-state index contributed by atoms with van der Waals surface area (Å²) in [7, 11) is 0. The molecule has 3 aromatic rings. The van der Waals surface area contributed by atoms with Crippen molar-refractivity contribution in [2.45, 2.75) is 0 Å². The van der Waals surface area contributed by atoms with Crippen molar-refractivity contribution in [2.24, 2.45) is 5.10 Å². The third-order valence-electron chi connectivity index (χ3n) is 3.39. The maximum Gasteiger partial charge on any atom is 0.274 e. The smallest absolute Gasteiger partial charge is 0.267 e. The van der Waals surface area contributed by atoms with Crippen LogP contribution in [-0.4, -0.2) is 16.6 Å². The van der Waals surface area contributed by atoms with E-state index >= 15 is 0 Å². The van der Waals surface area contributed by atoms with Crippen LogP contribution < -0.4 is 5.43 Å². The van der Waals surface area contributed by atoms with Crippen LogP contribution in [0.25, 0.3) is 0 Å². The molecule has 1 N–H and O–H groups in total. The highest BCUT2D eigenvalue weighted by molar-refractivity contribution is 6.13. The van der Waals surface area contributed by atoms with E-state index in [1.165, 1.54) is 18.2 Å². The lowest BCUT2D eigenvalue weighted by atomic mass is 10.0. The van der Waals surface area contributed by atoms with E-state index in [-0.39, 0.29) is 5.56 Å². The molecule has 0 saturated carbocycles. The maximum atomic E-state index is 13.7. The molecule has 4 nitrogen and oxygen atoms in total. The highest BCUT2D eigenvalue weighted by Gasteiger charge is 2.12. The van der Waals surface area contributed by atoms with Gasteiger partial charge in [-0.25, -0.2) is 9.82 Å². The molecule has 5 heteroatoms. The van der Waals surface area contributed by atoms with Gasteiger partial charge in [0.2, 0.25) is 0 Å². The second-order valence-corrected chi connectivity index (χ2v) is 4.98. The Hall–Kier alpha value is -3.34. The zero-order valence-corrected chi connectivity index (χ0v) is 12.7. The van der Waals surface area contributed by atoms with Crippen molar-refractivity contribution in [1.82, 2.24) is 10.4 Å². The van der Waals surface area contributed by atoms with Gasteiger partial charge < -0.3 is 0 Å². The topological polar surface area (TPSA) is 54.4 Å². The molecule has 2 aromatic carbocycles. The molecule has 0 saturated heterocycles. The standard InChI is InChI=1S/C19H14FN3O/c20-17-9-5-4-8-16(17)19(24)23-22-18(14-6-2-1-3-7-14)15-10-12-21-13-11-15/h1-13H,(H,23,24)/b22-18+. The number of hydrogen-bond donors (Lipinski definition) is 1. The number of pyridine rings is 1. The zero-order chi connectivity index (χ0) is 16.8. The largest absolute Gasteiger partial charge is 0.274 e. The average Bonchev–Trinajstić information content (AvgIpc) is 2.64. The van der Waals surface area contributed by atoms with E-state index in [2.05, 4.69) is 15.5 Å². The third-order valence-corrected chi connectivity index (χ3v) is 3.39. The Bertz CT molecular complexity index is 823. The summed E-state index contributed by atoms with van der Waals surface area (Å²) >= 11 is 0. The van der Waals surface area contributed by atoms with Crippen molar-refractivity contribution in [3.63, 3.8) is 0 Å². The normalized spacial score (nSPS) is 11.1. The third kappa shape index (κ3) is 3.52. The van der Waals surface area contributed by atoms with E-state index < -0.39 is 11.7 Å². The van der Waals surface area contributed by atoms with Crippen LogP contribution in [0.3, 0.4) is 0 Å². The van der Waals surface area contributed by atoms with Crippen molar-refractivity contribution in [3.05, 3.63) is 102 Å². The van der Waals surface area contributed by atoms with Crippen molar-refractivity contribution in [3.8, 4) is 0 Å². The predicted octanol–water partition coefficient (Wildman–Crippen LogP) is 3.40. The van der Waals surface area contributed by atoms with Gasteiger partial charge in [0.25, 0.3) is 5.91 Å². The Morgan fingerprint density at radius 1 is 0.875 bits per heavy atom. The first-order chi connectivity index (χ1) is 11.8. The van der Waals surface area contributed by atoms with Gasteiger partial charge in [0.05, 0.1) is 11.3 Å². The Labute approximate surface area is 138 Å². The van der Waals surface area contributed by atoms with Gasteiger partial charge >= 0.3 is 0 Å². The molecule has 1 aromatic heterocycles. The number of hydrazone groups is 1. The van der Waals surface area contributed by atoms with Crippen molar-refractivity contribution in [2.75, 3.05) is 0 Å². The summed E-state index contributed by atoms with van der Waals surface area (Å²) in [6.45, 7) is 0. The van der Waals surface area contributed by atoms with Gasteiger partial charge in [-0.1, -0.05) is 42.5 Å². The molecule has 0 spiro atoms. The summed E-state index contributed by atoms with van der Waals surface area (Å²) in [5.41, 5.74) is 4.57. The number of rotatable bonds is 4. The minimum Gasteiger partial charge on any atom is -0.267 e. The molecule has 3 rings (SSSR count). The second kappa shape index (κ2) is 7.28. The van der Waals surface area contributed by atoms with Crippen LogP contribution >= 0.6 is 0 Å². The van der Waals surface area contributed by atoms with Gasteiger partial charge in [0.1, 0.15) is 5.82 Å². The van der Waals surface area contributed by atoms with E-state index in [4.69, 9.17) is 0 Å². The first kappa shape index (κ1) is 15.6. The van der Waals surface area contributed by atoms with Crippen LogP contribution in [0.4, 0.5) is 4.39 Å². The number of carbonyl (C=O) groups is 1. The molecule has 1 amide bonds. The monoisotopic (exact) mass is 319 g/mol. The number of amides is 1. The Balaban J connectivity index is 1.93. The Morgan fingerprint density at radius 3 is 2.21 bits per heavy atom. The number of halogens is 1. The van der Waals surface area contributed by atoms with Crippen molar-refractivity contribution < 1.29 is 9.18 Å². The summed E-state index contributed by atoms with van der Waals surface area (Å²) in [6, 6.07) is 18.8. The highest BCUT2D eigenvalue weighted by Crippen LogP contribution is 2.10. The molecule has 0 unspecified atom stereocenters. The van der Waals surface area contributed by atoms with Crippen LogP contribution in [-0.2, 0) is 0 Å². The second-order valence-electron chi connectivity index (χ2n) is 4.98.